The summed E-state index contributed by atoms with van der Waals surface area (Å²) in [5.41, 5.74) is 1.17. The number of nitrogens with zero attached hydrogens (tertiary/aromatic N) is 2. The van der Waals surface area contributed by atoms with Crippen molar-refractivity contribution in [1.29, 1.82) is 0 Å². The maximum Gasteiger partial charge on any atom is 0.255 e. The largest absolute Gasteiger partial charge is 0.457 e. The first kappa shape index (κ1) is 20.6. The summed E-state index contributed by atoms with van der Waals surface area (Å²) < 4.78 is 5.90. The molecular weight excluding hydrogens is 390 g/mol. The molecule has 31 heavy (non-hydrogen) atoms. The van der Waals surface area contributed by atoms with Gasteiger partial charge in [0.2, 0.25) is 0 Å². The van der Waals surface area contributed by atoms with Crippen molar-refractivity contribution in [3.63, 3.8) is 0 Å². The van der Waals surface area contributed by atoms with Crippen molar-refractivity contribution < 1.29 is 14.3 Å². The molecule has 0 radical (unpaired) electrons. The fraction of sp³-hybridized carbons (Fsp3) is 0.240. The van der Waals surface area contributed by atoms with Crippen molar-refractivity contribution in [1.82, 2.24) is 15.2 Å². The molecular formula is C25H25N3O3. The van der Waals surface area contributed by atoms with Crippen molar-refractivity contribution in [3.05, 3.63) is 90.3 Å². The molecule has 2 amide bonds. The van der Waals surface area contributed by atoms with E-state index >= 15 is 0 Å². The molecule has 6 nitrogen and oxygen atoms in total. The topological polar surface area (TPSA) is 71.5 Å². The molecule has 0 unspecified atom stereocenters. The third-order valence-corrected chi connectivity index (χ3v) is 5.48. The van der Waals surface area contributed by atoms with Crippen LogP contribution in [0.25, 0.3) is 0 Å². The molecule has 0 spiro atoms. The lowest BCUT2D eigenvalue weighted by atomic mass is 9.96. The van der Waals surface area contributed by atoms with Crippen LogP contribution in [0.3, 0.4) is 0 Å². The number of amides is 2. The van der Waals surface area contributed by atoms with E-state index in [1.807, 2.05) is 47.4 Å². The van der Waals surface area contributed by atoms with Gasteiger partial charge in [0.15, 0.2) is 0 Å². The van der Waals surface area contributed by atoms with Gasteiger partial charge in [-0.3, -0.25) is 14.6 Å². The second kappa shape index (κ2) is 9.89. The van der Waals surface area contributed by atoms with E-state index < -0.39 is 0 Å². The number of aromatic nitrogens is 1. The summed E-state index contributed by atoms with van der Waals surface area (Å²) in [4.78, 5) is 31.2. The highest BCUT2D eigenvalue weighted by atomic mass is 16.5. The zero-order valence-electron chi connectivity index (χ0n) is 17.2. The standard InChI is InChI=1S/C25H25N3O3/c29-24(22-8-4-5-9-23(22)31-21-6-2-1-3-7-21)27-18-19-12-16-28(17-13-19)25(30)20-10-14-26-15-11-20/h1-11,14-15,19H,12-13,16-18H2,(H,27,29). The van der Waals surface area contributed by atoms with E-state index in [2.05, 4.69) is 10.3 Å². The summed E-state index contributed by atoms with van der Waals surface area (Å²) >= 11 is 0. The summed E-state index contributed by atoms with van der Waals surface area (Å²) in [5, 5.41) is 3.04. The second-order valence-corrected chi connectivity index (χ2v) is 7.59. The Balaban J connectivity index is 1.30. The number of nitrogens with one attached hydrogen (secondary N) is 1. The van der Waals surface area contributed by atoms with Crippen LogP contribution in [0.4, 0.5) is 0 Å². The van der Waals surface area contributed by atoms with Gasteiger partial charge in [-0.1, -0.05) is 30.3 Å². The van der Waals surface area contributed by atoms with Crippen LogP contribution in [0, 0.1) is 5.92 Å². The fourth-order valence-corrected chi connectivity index (χ4v) is 3.71. The summed E-state index contributed by atoms with van der Waals surface area (Å²) in [6.45, 7) is 1.96. The molecule has 4 rings (SSSR count). The molecule has 0 aliphatic carbocycles. The van der Waals surface area contributed by atoms with Gasteiger partial charge in [0.25, 0.3) is 11.8 Å². The van der Waals surface area contributed by atoms with Crippen LogP contribution >= 0.6 is 0 Å². The van der Waals surface area contributed by atoms with Gasteiger partial charge in [-0.25, -0.2) is 0 Å². The number of likely N-dealkylation sites (tertiary alicyclic amines) is 1. The number of para-hydroxylation sites is 2. The lowest BCUT2D eigenvalue weighted by Gasteiger charge is -2.32. The van der Waals surface area contributed by atoms with E-state index in [0.29, 0.717) is 48.2 Å². The zero-order valence-corrected chi connectivity index (χ0v) is 17.2. The molecule has 0 saturated carbocycles. The van der Waals surface area contributed by atoms with Crippen molar-refractivity contribution in [2.75, 3.05) is 19.6 Å². The Morgan fingerprint density at radius 2 is 1.61 bits per heavy atom. The number of benzene rings is 2. The SMILES string of the molecule is O=C(NCC1CCN(C(=O)c2ccncc2)CC1)c1ccccc1Oc1ccccc1. The molecule has 1 saturated heterocycles. The minimum atomic E-state index is -0.151. The first-order valence-electron chi connectivity index (χ1n) is 10.5. The summed E-state index contributed by atoms with van der Waals surface area (Å²) in [7, 11) is 0. The fourth-order valence-electron chi connectivity index (χ4n) is 3.71. The van der Waals surface area contributed by atoms with Gasteiger partial charge < -0.3 is 15.0 Å². The molecule has 1 aliphatic rings. The second-order valence-electron chi connectivity index (χ2n) is 7.59. The molecule has 2 heterocycles. The number of pyridine rings is 1. The Hall–Kier alpha value is -3.67. The van der Waals surface area contributed by atoms with Gasteiger partial charge in [-0.15, -0.1) is 0 Å². The van der Waals surface area contributed by atoms with Gasteiger partial charge in [0.1, 0.15) is 11.5 Å². The van der Waals surface area contributed by atoms with E-state index in [-0.39, 0.29) is 11.8 Å². The van der Waals surface area contributed by atoms with Crippen LogP contribution in [0.1, 0.15) is 33.6 Å². The number of rotatable bonds is 6. The van der Waals surface area contributed by atoms with Crippen LogP contribution in [-0.2, 0) is 0 Å². The molecule has 1 aliphatic heterocycles. The Morgan fingerprint density at radius 3 is 2.35 bits per heavy atom. The Kier molecular flexibility index (Phi) is 6.57. The van der Waals surface area contributed by atoms with E-state index in [1.54, 1.807) is 36.7 Å². The normalized spacial score (nSPS) is 14.1. The van der Waals surface area contributed by atoms with Gasteiger partial charge in [-0.05, 0) is 55.2 Å². The van der Waals surface area contributed by atoms with Crippen molar-refractivity contribution >= 4 is 11.8 Å². The van der Waals surface area contributed by atoms with Crippen LogP contribution in [0.15, 0.2) is 79.1 Å². The maximum absolute atomic E-state index is 12.8. The predicted octanol–water partition coefficient (Wildman–Crippen LogP) is 4.16. The summed E-state index contributed by atoms with van der Waals surface area (Å²) in [5.74, 6) is 1.45. The van der Waals surface area contributed by atoms with E-state index in [0.717, 1.165) is 12.8 Å². The Bertz CT molecular complexity index is 1020. The highest BCUT2D eigenvalue weighted by Gasteiger charge is 2.24. The van der Waals surface area contributed by atoms with Crippen LogP contribution in [-0.4, -0.2) is 41.3 Å². The quantitative estimate of drug-likeness (QED) is 0.656. The average molecular weight is 415 g/mol. The molecule has 2 aromatic carbocycles. The van der Waals surface area contributed by atoms with Crippen LogP contribution < -0.4 is 10.1 Å². The first-order valence-corrected chi connectivity index (χ1v) is 10.5. The summed E-state index contributed by atoms with van der Waals surface area (Å²) in [6.07, 6.45) is 4.99. The third-order valence-electron chi connectivity index (χ3n) is 5.48. The predicted molar refractivity (Wildman–Crippen MR) is 118 cm³/mol. The van der Waals surface area contributed by atoms with E-state index in [1.165, 1.54) is 0 Å². The number of carbonyl (C=O) groups is 2. The van der Waals surface area contributed by atoms with Crippen molar-refractivity contribution in [3.8, 4) is 11.5 Å². The third kappa shape index (κ3) is 5.28. The first-order chi connectivity index (χ1) is 15.2. The maximum atomic E-state index is 12.8. The van der Waals surface area contributed by atoms with Gasteiger partial charge >= 0.3 is 0 Å². The molecule has 6 heteroatoms. The van der Waals surface area contributed by atoms with Crippen LogP contribution in [0.2, 0.25) is 0 Å². The Labute approximate surface area is 181 Å². The zero-order chi connectivity index (χ0) is 21.5. The minimum Gasteiger partial charge on any atom is -0.457 e. The average Bonchev–Trinajstić information content (AvgIpc) is 2.84. The van der Waals surface area contributed by atoms with Crippen molar-refractivity contribution in [2.45, 2.75) is 12.8 Å². The Morgan fingerprint density at radius 1 is 0.935 bits per heavy atom. The van der Waals surface area contributed by atoms with E-state index in [4.69, 9.17) is 4.74 Å². The van der Waals surface area contributed by atoms with Gasteiger partial charge in [0.05, 0.1) is 5.56 Å². The molecule has 0 bridgehead atoms. The highest BCUT2D eigenvalue weighted by molar-refractivity contribution is 5.97. The monoisotopic (exact) mass is 415 g/mol. The van der Waals surface area contributed by atoms with Gasteiger partial charge in [0, 0.05) is 37.6 Å². The van der Waals surface area contributed by atoms with E-state index in [9.17, 15) is 9.59 Å². The number of hydrogen-bond acceptors (Lipinski definition) is 4. The number of piperidine rings is 1. The van der Waals surface area contributed by atoms with Crippen LogP contribution in [0.5, 0.6) is 11.5 Å². The minimum absolute atomic E-state index is 0.0388. The van der Waals surface area contributed by atoms with Gasteiger partial charge in [-0.2, -0.15) is 0 Å². The number of hydrogen-bond donors (Lipinski definition) is 1. The molecule has 1 aromatic heterocycles. The lowest BCUT2D eigenvalue weighted by Crippen LogP contribution is -2.41. The lowest BCUT2D eigenvalue weighted by molar-refractivity contribution is 0.0684. The molecule has 0 atom stereocenters. The highest BCUT2D eigenvalue weighted by Crippen LogP contribution is 2.25. The molecule has 158 valence electrons. The van der Waals surface area contributed by atoms with Crippen molar-refractivity contribution in [2.24, 2.45) is 5.92 Å². The smallest absolute Gasteiger partial charge is 0.255 e. The number of ether oxygens (including phenoxy) is 1. The molecule has 1 fully saturated rings. The molecule has 3 aromatic rings. The summed E-state index contributed by atoms with van der Waals surface area (Å²) in [6, 6.07) is 20.1. The molecule has 1 N–H and O–H groups in total. The number of carbonyl (C=O) groups excluding carboxylic acids is 2.